The first kappa shape index (κ1) is 21.9. The predicted octanol–water partition coefficient (Wildman–Crippen LogP) is 1.86. The fourth-order valence-corrected chi connectivity index (χ4v) is 5.97. The average molecular weight is 429 g/mol. The van der Waals surface area contributed by atoms with Crippen LogP contribution in [0.25, 0.3) is 0 Å². The van der Waals surface area contributed by atoms with Crippen LogP contribution in [0.3, 0.4) is 0 Å². The van der Waals surface area contributed by atoms with Crippen LogP contribution in [0.15, 0.2) is 24.3 Å². The molecule has 1 aromatic carbocycles. The summed E-state index contributed by atoms with van der Waals surface area (Å²) in [7, 11) is 1.72. The molecule has 2 amide bonds. The summed E-state index contributed by atoms with van der Waals surface area (Å²) >= 11 is 0. The number of hydrogen-bond donors (Lipinski definition) is 2. The number of nitrogens with zero attached hydrogens (tertiary/aromatic N) is 2. The van der Waals surface area contributed by atoms with Crippen molar-refractivity contribution in [3.05, 3.63) is 24.3 Å². The number of primary amides is 1. The minimum Gasteiger partial charge on any atom is -0.495 e. The minimum atomic E-state index is -0.292. The van der Waals surface area contributed by atoms with Gasteiger partial charge in [0, 0.05) is 32.7 Å². The number of hydrogen-bond acceptors (Lipinski definition) is 5. The Bertz CT molecular complexity index is 778. The van der Waals surface area contributed by atoms with Gasteiger partial charge in [-0.2, -0.15) is 0 Å². The highest BCUT2D eigenvalue weighted by molar-refractivity contribution is 5.88. The zero-order valence-corrected chi connectivity index (χ0v) is 18.6. The van der Waals surface area contributed by atoms with Crippen LogP contribution in [-0.2, 0) is 9.59 Å². The van der Waals surface area contributed by atoms with Gasteiger partial charge in [-0.05, 0) is 62.6 Å². The number of fused-ring (bicyclic) bond motifs is 2. The molecule has 31 heavy (non-hydrogen) atoms. The molecule has 1 aromatic rings. The largest absolute Gasteiger partial charge is 0.495 e. The van der Waals surface area contributed by atoms with Gasteiger partial charge >= 0.3 is 0 Å². The van der Waals surface area contributed by atoms with Gasteiger partial charge in [0.25, 0.3) is 0 Å². The summed E-state index contributed by atoms with van der Waals surface area (Å²) in [4.78, 5) is 29.4. The van der Waals surface area contributed by atoms with E-state index in [0.717, 1.165) is 70.6 Å². The zero-order valence-electron chi connectivity index (χ0n) is 18.6. The van der Waals surface area contributed by atoms with E-state index in [1.54, 1.807) is 7.11 Å². The molecule has 1 heterocycles. The second-order valence-electron chi connectivity index (χ2n) is 9.29. The first-order valence-electron chi connectivity index (χ1n) is 11.8. The third-order valence-electron chi connectivity index (χ3n) is 7.55. The fraction of sp³-hybridized carbons (Fsp3) is 0.667. The standard InChI is InChI=1S/C24H36N4O3/c1-31-20-7-3-2-6-19(20)28-14-12-27(13-15-28)11-5-4-10-26-24(30)22-18-9-8-17(16-18)21(22)23(25)29/h2-3,6-7,17-18,21-22H,4-5,8-16H2,1H3,(H2,25,29)(H,26,30). The molecule has 7 heteroatoms. The number of nitrogens with one attached hydrogen (secondary N) is 1. The molecule has 2 bridgehead atoms. The summed E-state index contributed by atoms with van der Waals surface area (Å²) < 4.78 is 5.49. The number of unbranched alkanes of at least 4 members (excludes halogenated alkanes) is 1. The zero-order chi connectivity index (χ0) is 21.8. The van der Waals surface area contributed by atoms with Crippen LogP contribution in [0.5, 0.6) is 5.75 Å². The van der Waals surface area contributed by atoms with Crippen LogP contribution >= 0.6 is 0 Å². The summed E-state index contributed by atoms with van der Waals surface area (Å²) in [6.07, 6.45) is 5.12. The molecule has 1 aliphatic heterocycles. The van der Waals surface area contributed by atoms with Gasteiger partial charge in [0.2, 0.25) is 11.8 Å². The van der Waals surface area contributed by atoms with Crippen molar-refractivity contribution in [3.8, 4) is 5.75 Å². The number of piperazine rings is 1. The molecule has 2 saturated carbocycles. The quantitative estimate of drug-likeness (QED) is 0.586. The Balaban J connectivity index is 1.14. The van der Waals surface area contributed by atoms with Crippen molar-refractivity contribution in [2.45, 2.75) is 32.1 Å². The normalized spacial score (nSPS) is 28.0. The van der Waals surface area contributed by atoms with E-state index in [9.17, 15) is 9.59 Å². The van der Waals surface area contributed by atoms with Crippen LogP contribution in [0, 0.1) is 23.7 Å². The third-order valence-corrected chi connectivity index (χ3v) is 7.55. The molecule has 3 N–H and O–H groups in total. The highest BCUT2D eigenvalue weighted by Crippen LogP contribution is 2.52. The maximum atomic E-state index is 12.7. The lowest BCUT2D eigenvalue weighted by atomic mass is 9.78. The molecule has 0 aromatic heterocycles. The van der Waals surface area contributed by atoms with Crippen molar-refractivity contribution in [2.24, 2.45) is 29.4 Å². The molecule has 3 fully saturated rings. The Labute approximate surface area is 185 Å². The summed E-state index contributed by atoms with van der Waals surface area (Å²) in [5.74, 6) is 0.911. The molecule has 0 radical (unpaired) electrons. The number of carbonyl (C=O) groups is 2. The number of benzene rings is 1. The molecule has 2 aliphatic carbocycles. The van der Waals surface area contributed by atoms with Gasteiger partial charge in [-0.3, -0.25) is 14.5 Å². The third kappa shape index (κ3) is 4.81. The van der Waals surface area contributed by atoms with Crippen molar-refractivity contribution in [1.29, 1.82) is 0 Å². The fourth-order valence-electron chi connectivity index (χ4n) is 5.97. The lowest BCUT2D eigenvalue weighted by Gasteiger charge is -2.36. The Kier molecular flexibility index (Phi) is 7.00. The SMILES string of the molecule is COc1ccccc1N1CCN(CCCCNC(=O)C2C3CCC(C3)C2C(N)=O)CC1. The Hall–Kier alpha value is -2.28. The Morgan fingerprint density at radius 1 is 1.06 bits per heavy atom. The average Bonchev–Trinajstić information content (AvgIpc) is 3.41. The van der Waals surface area contributed by atoms with Gasteiger partial charge < -0.3 is 20.7 Å². The van der Waals surface area contributed by atoms with Crippen LogP contribution in [0.2, 0.25) is 0 Å². The summed E-state index contributed by atoms with van der Waals surface area (Å²) in [6.45, 7) is 5.80. The van der Waals surface area contributed by atoms with Gasteiger partial charge in [-0.15, -0.1) is 0 Å². The van der Waals surface area contributed by atoms with Crippen molar-refractivity contribution in [2.75, 3.05) is 51.3 Å². The van der Waals surface area contributed by atoms with Crippen molar-refractivity contribution in [3.63, 3.8) is 0 Å². The number of amides is 2. The molecule has 4 rings (SSSR count). The predicted molar refractivity (Wildman–Crippen MR) is 121 cm³/mol. The Morgan fingerprint density at radius 3 is 2.48 bits per heavy atom. The molecule has 170 valence electrons. The maximum Gasteiger partial charge on any atom is 0.224 e. The summed E-state index contributed by atoms with van der Waals surface area (Å²) in [5, 5.41) is 3.09. The van der Waals surface area contributed by atoms with Crippen LogP contribution < -0.4 is 20.7 Å². The van der Waals surface area contributed by atoms with Gasteiger partial charge in [0.15, 0.2) is 0 Å². The van der Waals surface area contributed by atoms with Gasteiger partial charge in [-0.1, -0.05) is 12.1 Å². The molecule has 7 nitrogen and oxygen atoms in total. The highest BCUT2D eigenvalue weighted by Gasteiger charge is 2.53. The molecule has 1 saturated heterocycles. The lowest BCUT2D eigenvalue weighted by molar-refractivity contribution is -0.135. The van der Waals surface area contributed by atoms with E-state index in [-0.39, 0.29) is 23.7 Å². The van der Waals surface area contributed by atoms with Gasteiger partial charge in [0.05, 0.1) is 24.6 Å². The van der Waals surface area contributed by atoms with Crippen LogP contribution in [0.1, 0.15) is 32.1 Å². The van der Waals surface area contributed by atoms with Crippen molar-refractivity contribution >= 4 is 17.5 Å². The number of carbonyl (C=O) groups excluding carboxylic acids is 2. The minimum absolute atomic E-state index is 0.0430. The number of nitrogens with two attached hydrogens (primary N) is 1. The number of anilines is 1. The smallest absolute Gasteiger partial charge is 0.224 e. The van der Waals surface area contributed by atoms with E-state index in [1.807, 2.05) is 12.1 Å². The molecule has 4 unspecified atom stereocenters. The summed E-state index contributed by atoms with van der Waals surface area (Å²) in [5.41, 5.74) is 6.77. The van der Waals surface area contributed by atoms with Gasteiger partial charge in [0.1, 0.15) is 5.75 Å². The van der Waals surface area contributed by atoms with Crippen LogP contribution in [-0.4, -0.2) is 63.1 Å². The molecule has 3 aliphatic rings. The number of rotatable bonds is 9. The van der Waals surface area contributed by atoms with Crippen molar-refractivity contribution in [1.82, 2.24) is 10.2 Å². The van der Waals surface area contributed by atoms with Gasteiger partial charge in [-0.25, -0.2) is 0 Å². The van der Waals surface area contributed by atoms with E-state index in [2.05, 4.69) is 27.2 Å². The van der Waals surface area contributed by atoms with Crippen LogP contribution in [0.4, 0.5) is 5.69 Å². The highest BCUT2D eigenvalue weighted by atomic mass is 16.5. The molecule has 0 spiro atoms. The van der Waals surface area contributed by atoms with E-state index >= 15 is 0 Å². The number of ether oxygens (including phenoxy) is 1. The Morgan fingerprint density at radius 2 is 1.77 bits per heavy atom. The van der Waals surface area contributed by atoms with E-state index in [4.69, 9.17) is 10.5 Å². The van der Waals surface area contributed by atoms with E-state index < -0.39 is 0 Å². The first-order valence-corrected chi connectivity index (χ1v) is 11.8. The number of para-hydroxylation sites is 2. The monoisotopic (exact) mass is 428 g/mol. The first-order chi connectivity index (χ1) is 15.1. The topological polar surface area (TPSA) is 87.9 Å². The van der Waals surface area contributed by atoms with Crippen molar-refractivity contribution < 1.29 is 14.3 Å². The van der Waals surface area contributed by atoms with E-state index in [1.165, 1.54) is 5.69 Å². The number of methoxy groups -OCH3 is 1. The maximum absolute atomic E-state index is 12.7. The molecular weight excluding hydrogens is 392 g/mol. The molecular formula is C24H36N4O3. The molecule has 4 atom stereocenters. The van der Waals surface area contributed by atoms with E-state index in [0.29, 0.717) is 18.4 Å². The lowest BCUT2D eigenvalue weighted by Crippen LogP contribution is -2.47. The second-order valence-corrected chi connectivity index (χ2v) is 9.29. The summed E-state index contributed by atoms with van der Waals surface area (Å²) in [6, 6.07) is 8.19. The second kappa shape index (κ2) is 9.90.